The highest BCUT2D eigenvalue weighted by Crippen LogP contribution is 2.65. The van der Waals surface area contributed by atoms with Crippen LogP contribution in [0.4, 0.5) is 11.4 Å². The molecule has 0 heterocycles. The van der Waals surface area contributed by atoms with Crippen molar-refractivity contribution in [1.29, 1.82) is 0 Å². The Kier molecular flexibility index (Phi) is 4.39. The molecule has 8 rings (SSSR count). The summed E-state index contributed by atoms with van der Waals surface area (Å²) in [5.74, 6) is 4.44. The summed E-state index contributed by atoms with van der Waals surface area (Å²) in [6.07, 6.45) is 14.7. The first-order valence-corrected chi connectivity index (χ1v) is 14.6. The molecular weight excluding hydrogens is 428 g/mol. The molecule has 0 amide bonds. The molecule has 4 fully saturated rings. The van der Waals surface area contributed by atoms with E-state index >= 15 is 0 Å². The van der Waals surface area contributed by atoms with Crippen LogP contribution in [0.3, 0.4) is 0 Å². The lowest BCUT2D eigenvalue weighted by Gasteiger charge is -2.32. The average molecular weight is 469 g/mol. The van der Waals surface area contributed by atoms with Gasteiger partial charge < -0.3 is 16.6 Å². The normalized spacial score (nSPS) is 30.9. The third-order valence-corrected chi connectivity index (χ3v) is 11.0. The highest BCUT2D eigenvalue weighted by Gasteiger charge is 2.62. The minimum Gasteiger partial charge on any atom is -0.398 e. The van der Waals surface area contributed by atoms with E-state index in [0.717, 1.165) is 79.6 Å². The van der Waals surface area contributed by atoms with E-state index < -0.39 is 5.60 Å². The van der Waals surface area contributed by atoms with Crippen LogP contribution in [0.5, 0.6) is 0 Å². The summed E-state index contributed by atoms with van der Waals surface area (Å²) >= 11 is 0. The molecule has 6 aliphatic rings. The number of aliphatic hydroxyl groups is 1. The van der Waals surface area contributed by atoms with Crippen molar-refractivity contribution in [2.24, 2.45) is 35.5 Å². The number of fused-ring (bicyclic) bond motifs is 2. The Balaban J connectivity index is 1.07. The van der Waals surface area contributed by atoms with Gasteiger partial charge in [0.15, 0.2) is 0 Å². The zero-order valence-electron chi connectivity index (χ0n) is 20.9. The third-order valence-electron chi connectivity index (χ3n) is 11.0. The van der Waals surface area contributed by atoms with Gasteiger partial charge in [0.1, 0.15) is 0 Å². The molecule has 4 atom stereocenters. The van der Waals surface area contributed by atoms with Crippen molar-refractivity contribution < 1.29 is 5.11 Å². The molecule has 4 unspecified atom stereocenters. The van der Waals surface area contributed by atoms with Gasteiger partial charge in [0.2, 0.25) is 0 Å². The van der Waals surface area contributed by atoms with E-state index in [4.69, 9.17) is 11.5 Å². The Labute approximate surface area is 209 Å². The summed E-state index contributed by atoms with van der Waals surface area (Å²) < 4.78 is 0. The first kappa shape index (κ1) is 21.1. The van der Waals surface area contributed by atoms with E-state index in [1.54, 1.807) is 0 Å². The smallest absolute Gasteiger partial charge is 0.0975 e. The molecular formula is C32H40N2O. The minimum atomic E-state index is -0.735. The zero-order valence-corrected chi connectivity index (χ0v) is 20.9. The number of nitrogen functional groups attached to an aromatic ring is 2. The second-order valence-corrected chi connectivity index (χ2v) is 13.2. The van der Waals surface area contributed by atoms with Gasteiger partial charge in [-0.2, -0.15) is 0 Å². The van der Waals surface area contributed by atoms with Crippen LogP contribution >= 0.6 is 0 Å². The van der Waals surface area contributed by atoms with Gasteiger partial charge in [-0.25, -0.2) is 0 Å². The summed E-state index contributed by atoms with van der Waals surface area (Å²) in [7, 11) is 0. The molecule has 35 heavy (non-hydrogen) atoms. The second kappa shape index (κ2) is 7.28. The second-order valence-electron chi connectivity index (χ2n) is 13.2. The predicted molar refractivity (Wildman–Crippen MR) is 141 cm³/mol. The average Bonchev–Trinajstić information content (AvgIpc) is 3.68. The Morgan fingerprint density at radius 3 is 2.26 bits per heavy atom. The fourth-order valence-corrected chi connectivity index (χ4v) is 8.71. The molecule has 2 aromatic rings. The van der Waals surface area contributed by atoms with Crippen molar-refractivity contribution in [3.63, 3.8) is 0 Å². The van der Waals surface area contributed by atoms with E-state index in [-0.39, 0.29) is 0 Å². The molecule has 3 nitrogen and oxygen atoms in total. The van der Waals surface area contributed by atoms with Gasteiger partial charge in [-0.1, -0.05) is 24.3 Å². The van der Waals surface area contributed by atoms with Gasteiger partial charge in [-0.05, 0) is 146 Å². The fourth-order valence-electron chi connectivity index (χ4n) is 8.71. The number of benzene rings is 2. The van der Waals surface area contributed by atoms with Crippen molar-refractivity contribution >= 4 is 11.4 Å². The lowest BCUT2D eigenvalue weighted by Crippen LogP contribution is -2.34. The minimum absolute atomic E-state index is 0.349. The van der Waals surface area contributed by atoms with Crippen LogP contribution in [0.2, 0.25) is 0 Å². The molecule has 0 bridgehead atoms. The van der Waals surface area contributed by atoms with Crippen molar-refractivity contribution in [3.05, 3.63) is 57.6 Å². The Bertz CT molecular complexity index is 1190. The lowest BCUT2D eigenvalue weighted by atomic mass is 9.79. The Hall–Kier alpha value is -2.00. The maximum atomic E-state index is 12.3. The summed E-state index contributed by atoms with van der Waals surface area (Å²) in [5, 5.41) is 12.3. The van der Waals surface area contributed by atoms with Gasteiger partial charge in [0, 0.05) is 16.9 Å². The van der Waals surface area contributed by atoms with Crippen molar-refractivity contribution in [2.75, 3.05) is 11.5 Å². The van der Waals surface area contributed by atoms with Gasteiger partial charge >= 0.3 is 0 Å². The quantitative estimate of drug-likeness (QED) is 0.444. The molecule has 184 valence electrons. The Morgan fingerprint density at radius 1 is 0.800 bits per heavy atom. The molecule has 0 saturated heterocycles. The van der Waals surface area contributed by atoms with Crippen molar-refractivity contribution in [3.8, 4) is 0 Å². The van der Waals surface area contributed by atoms with Crippen molar-refractivity contribution in [1.82, 2.24) is 0 Å². The summed E-state index contributed by atoms with van der Waals surface area (Å²) in [6, 6.07) is 9.27. The molecule has 0 spiro atoms. The van der Waals surface area contributed by atoms with Gasteiger partial charge in [-0.3, -0.25) is 0 Å². The first-order valence-electron chi connectivity index (χ1n) is 14.6. The highest BCUT2D eigenvalue weighted by atomic mass is 16.3. The highest BCUT2D eigenvalue weighted by molar-refractivity contribution is 5.63. The molecule has 0 radical (unpaired) electrons. The number of hydrogen-bond acceptors (Lipinski definition) is 3. The molecule has 0 aromatic heterocycles. The number of aryl methyl sites for hydroxylation is 1. The maximum Gasteiger partial charge on any atom is 0.0975 e. The van der Waals surface area contributed by atoms with Crippen molar-refractivity contribution in [2.45, 2.75) is 88.6 Å². The molecule has 2 aromatic carbocycles. The molecule has 6 aliphatic carbocycles. The molecule has 4 saturated carbocycles. The van der Waals surface area contributed by atoms with Crippen LogP contribution in [0.1, 0.15) is 90.7 Å². The fraction of sp³-hybridized carbons (Fsp3) is 0.625. The van der Waals surface area contributed by atoms with Crippen LogP contribution in [0.25, 0.3) is 0 Å². The number of anilines is 2. The topological polar surface area (TPSA) is 72.3 Å². The predicted octanol–water partition coefficient (Wildman–Crippen LogP) is 5.89. The number of hydrogen-bond donors (Lipinski definition) is 3. The number of nitrogens with two attached hydrogens (primary N) is 2. The van der Waals surface area contributed by atoms with E-state index in [1.165, 1.54) is 59.9 Å². The van der Waals surface area contributed by atoms with Crippen LogP contribution in [0, 0.1) is 35.5 Å². The lowest BCUT2D eigenvalue weighted by molar-refractivity contribution is -0.0174. The standard InChI is InChI=1S/C32H40N2O/c33-30-24(29(18-4-5-18)19-6-7-19)12-8-20-14-21(15-26(20)30)25-16-28(25)32(35,22-10-11-22)27-13-9-17-2-1-3-23(17)31(27)34/h8-9,12-13,18-19,21-22,25,28-29,35H,1-7,10-11,14-16,33-34H2. The van der Waals surface area contributed by atoms with E-state index in [9.17, 15) is 5.11 Å². The van der Waals surface area contributed by atoms with Gasteiger partial charge in [-0.15, -0.1) is 0 Å². The summed E-state index contributed by atoms with van der Waals surface area (Å²) in [4.78, 5) is 0. The molecule has 0 aliphatic heterocycles. The van der Waals surface area contributed by atoms with Gasteiger partial charge in [0.05, 0.1) is 5.60 Å². The zero-order chi connectivity index (χ0) is 23.5. The Morgan fingerprint density at radius 2 is 1.54 bits per heavy atom. The summed E-state index contributed by atoms with van der Waals surface area (Å²) in [6.45, 7) is 0. The van der Waals surface area contributed by atoms with E-state index in [1.807, 2.05) is 0 Å². The van der Waals surface area contributed by atoms with E-state index in [2.05, 4.69) is 24.3 Å². The monoisotopic (exact) mass is 468 g/mol. The molecule has 3 heteroatoms. The SMILES string of the molecule is Nc1c(C(C2CC2)C2CC2)ccc2c1CC(C1CC1C(O)(c1ccc3c(c1N)CCC3)C1CC1)C2. The van der Waals surface area contributed by atoms with Gasteiger partial charge in [0.25, 0.3) is 0 Å². The third kappa shape index (κ3) is 3.19. The maximum absolute atomic E-state index is 12.3. The summed E-state index contributed by atoms with van der Waals surface area (Å²) in [5.41, 5.74) is 23.2. The molecule has 5 N–H and O–H groups in total. The van der Waals surface area contributed by atoms with Crippen LogP contribution in [-0.2, 0) is 31.3 Å². The van der Waals surface area contributed by atoms with E-state index in [0.29, 0.717) is 23.7 Å². The van der Waals surface area contributed by atoms with Crippen LogP contribution < -0.4 is 11.5 Å². The van der Waals surface area contributed by atoms with Crippen LogP contribution in [0.15, 0.2) is 24.3 Å². The van der Waals surface area contributed by atoms with Crippen LogP contribution in [-0.4, -0.2) is 5.11 Å². The largest absolute Gasteiger partial charge is 0.398 e. The first-order chi connectivity index (χ1) is 17.0. The number of rotatable bonds is 7.